The van der Waals surface area contributed by atoms with E-state index in [9.17, 15) is 0 Å². The van der Waals surface area contributed by atoms with E-state index in [4.69, 9.17) is 23.2 Å². The van der Waals surface area contributed by atoms with Crippen molar-refractivity contribution in [2.24, 2.45) is 0 Å². The first-order valence-electron chi connectivity index (χ1n) is 9.07. The van der Waals surface area contributed by atoms with Gasteiger partial charge in [0.25, 0.3) is 0 Å². The number of nitrogens with zero attached hydrogens (tertiary/aromatic N) is 4. The Morgan fingerprint density at radius 2 is 1.41 bits per heavy atom. The lowest BCUT2D eigenvalue weighted by molar-refractivity contribution is 0.586. The number of aromatic nitrogens is 4. The van der Waals surface area contributed by atoms with E-state index in [-0.39, 0.29) is 6.04 Å². The molecular weight excluding hydrogens is 405 g/mol. The van der Waals surface area contributed by atoms with Crippen LogP contribution >= 0.6 is 23.2 Å². The van der Waals surface area contributed by atoms with E-state index >= 15 is 0 Å². The Balaban J connectivity index is 1.56. The SMILES string of the molecule is Clc1cccc(Cl)c1[C@H]1C=C(c2ccc(-c3ccccc3)cc2)Nc2nnnn21. The average Bonchev–Trinajstić information content (AvgIpc) is 3.23. The van der Waals surface area contributed by atoms with E-state index in [1.165, 1.54) is 5.56 Å². The van der Waals surface area contributed by atoms with Crippen molar-refractivity contribution >= 4 is 34.8 Å². The number of nitrogens with one attached hydrogen (secondary N) is 1. The second-order valence-corrected chi connectivity index (χ2v) is 7.49. The van der Waals surface area contributed by atoms with Crippen LogP contribution in [0.25, 0.3) is 16.8 Å². The van der Waals surface area contributed by atoms with Crippen LogP contribution in [-0.4, -0.2) is 20.2 Å². The fourth-order valence-corrected chi connectivity index (χ4v) is 4.12. The molecule has 1 aromatic heterocycles. The van der Waals surface area contributed by atoms with E-state index in [0.717, 1.165) is 22.4 Å². The molecule has 0 bridgehead atoms. The molecule has 5 rings (SSSR count). The molecule has 4 aromatic rings. The summed E-state index contributed by atoms with van der Waals surface area (Å²) in [6.45, 7) is 0. The van der Waals surface area contributed by atoms with Gasteiger partial charge in [-0.1, -0.05) is 89.0 Å². The van der Waals surface area contributed by atoms with E-state index in [1.807, 2.05) is 42.5 Å². The molecule has 1 aliphatic heterocycles. The highest BCUT2D eigenvalue weighted by molar-refractivity contribution is 6.36. The number of allylic oxidation sites excluding steroid dienone is 1. The number of benzene rings is 3. The van der Waals surface area contributed by atoms with Crippen LogP contribution in [0, 0.1) is 0 Å². The predicted molar refractivity (Wildman–Crippen MR) is 116 cm³/mol. The first kappa shape index (κ1) is 17.9. The summed E-state index contributed by atoms with van der Waals surface area (Å²) >= 11 is 12.9. The molecule has 1 atom stereocenters. The molecule has 29 heavy (non-hydrogen) atoms. The molecule has 7 heteroatoms. The molecule has 0 fully saturated rings. The molecule has 142 valence electrons. The number of fused-ring (bicyclic) bond motifs is 1. The first-order valence-corrected chi connectivity index (χ1v) is 9.83. The molecule has 0 unspecified atom stereocenters. The molecule has 1 N–H and O–H groups in total. The maximum atomic E-state index is 6.46. The number of halogens is 2. The van der Waals surface area contributed by atoms with Crippen molar-refractivity contribution in [1.82, 2.24) is 20.2 Å². The summed E-state index contributed by atoms with van der Waals surface area (Å²) in [5.74, 6) is 0.538. The Kier molecular flexibility index (Phi) is 4.54. The zero-order valence-corrected chi connectivity index (χ0v) is 16.6. The van der Waals surface area contributed by atoms with Crippen LogP contribution < -0.4 is 5.32 Å². The largest absolute Gasteiger partial charge is 0.323 e. The van der Waals surface area contributed by atoms with Gasteiger partial charge < -0.3 is 5.32 Å². The van der Waals surface area contributed by atoms with Gasteiger partial charge in [0.15, 0.2) is 0 Å². The molecule has 2 heterocycles. The topological polar surface area (TPSA) is 55.6 Å². The lowest BCUT2D eigenvalue weighted by atomic mass is 9.99. The van der Waals surface area contributed by atoms with Crippen molar-refractivity contribution in [3.63, 3.8) is 0 Å². The second kappa shape index (κ2) is 7.35. The number of rotatable bonds is 3. The van der Waals surface area contributed by atoms with E-state index in [2.05, 4.69) is 57.2 Å². The number of hydrogen-bond donors (Lipinski definition) is 1. The highest BCUT2D eigenvalue weighted by atomic mass is 35.5. The van der Waals surface area contributed by atoms with Crippen LogP contribution in [0.15, 0.2) is 78.9 Å². The van der Waals surface area contributed by atoms with E-state index < -0.39 is 0 Å². The third kappa shape index (κ3) is 3.28. The van der Waals surface area contributed by atoms with Crippen molar-refractivity contribution in [3.05, 3.63) is 100 Å². The number of anilines is 1. The Bertz CT molecular complexity index is 1180. The van der Waals surface area contributed by atoms with Gasteiger partial charge in [-0.3, -0.25) is 0 Å². The molecule has 3 aromatic carbocycles. The maximum absolute atomic E-state index is 6.46. The van der Waals surface area contributed by atoms with Gasteiger partial charge in [0.2, 0.25) is 5.95 Å². The van der Waals surface area contributed by atoms with E-state index in [0.29, 0.717) is 16.0 Å². The third-order valence-corrected chi connectivity index (χ3v) is 5.58. The summed E-state index contributed by atoms with van der Waals surface area (Å²) in [5, 5.41) is 16.4. The lowest BCUT2D eigenvalue weighted by Crippen LogP contribution is -2.20. The standard InChI is InChI=1S/C22H15Cl2N5/c23-17-7-4-8-18(24)21(17)20-13-19(25-22-26-27-28-29(20)22)16-11-9-15(10-12-16)14-5-2-1-3-6-14/h1-13,20H,(H,25,26,28)/t20-/m1/s1. The summed E-state index contributed by atoms with van der Waals surface area (Å²) < 4.78 is 1.68. The monoisotopic (exact) mass is 419 g/mol. The fraction of sp³-hybridized carbons (Fsp3) is 0.0455. The van der Waals surface area contributed by atoms with Gasteiger partial charge >= 0.3 is 0 Å². The minimum atomic E-state index is -0.314. The highest BCUT2D eigenvalue weighted by Gasteiger charge is 2.27. The minimum Gasteiger partial charge on any atom is -0.323 e. The maximum Gasteiger partial charge on any atom is 0.248 e. The van der Waals surface area contributed by atoms with Gasteiger partial charge in [0.1, 0.15) is 6.04 Å². The average molecular weight is 420 g/mol. The Hall–Kier alpha value is -3.15. The smallest absolute Gasteiger partial charge is 0.248 e. The molecule has 0 radical (unpaired) electrons. The molecule has 0 saturated carbocycles. The zero-order valence-electron chi connectivity index (χ0n) is 15.1. The van der Waals surface area contributed by atoms with Gasteiger partial charge in [-0.15, -0.1) is 0 Å². The van der Waals surface area contributed by atoms with Crippen LogP contribution in [0.1, 0.15) is 17.2 Å². The zero-order chi connectivity index (χ0) is 19.8. The van der Waals surface area contributed by atoms with E-state index in [1.54, 1.807) is 4.68 Å². The Labute approximate surface area is 177 Å². The fourth-order valence-electron chi connectivity index (χ4n) is 3.49. The highest BCUT2D eigenvalue weighted by Crippen LogP contribution is 2.38. The molecule has 5 nitrogen and oxygen atoms in total. The van der Waals surface area contributed by atoms with Gasteiger partial charge in [-0.2, -0.15) is 4.68 Å². The van der Waals surface area contributed by atoms with Crippen LogP contribution in [-0.2, 0) is 0 Å². The quantitative estimate of drug-likeness (QED) is 0.462. The summed E-state index contributed by atoms with van der Waals surface area (Å²) in [5.41, 5.74) is 5.01. The molecular formula is C22H15Cl2N5. The normalized spacial score (nSPS) is 15.4. The Morgan fingerprint density at radius 3 is 2.14 bits per heavy atom. The van der Waals surface area contributed by atoms with Gasteiger partial charge in [-0.05, 0) is 45.3 Å². The van der Waals surface area contributed by atoms with Crippen molar-refractivity contribution < 1.29 is 0 Å². The van der Waals surface area contributed by atoms with Gasteiger partial charge in [0, 0.05) is 21.3 Å². The summed E-state index contributed by atoms with van der Waals surface area (Å²) in [7, 11) is 0. The first-order chi connectivity index (χ1) is 14.2. The Morgan fingerprint density at radius 1 is 0.759 bits per heavy atom. The summed E-state index contributed by atoms with van der Waals surface area (Å²) in [4.78, 5) is 0. The van der Waals surface area contributed by atoms with Crippen LogP contribution in [0.3, 0.4) is 0 Å². The van der Waals surface area contributed by atoms with Crippen LogP contribution in [0.5, 0.6) is 0 Å². The van der Waals surface area contributed by atoms with Crippen molar-refractivity contribution in [3.8, 4) is 11.1 Å². The third-order valence-electron chi connectivity index (χ3n) is 4.93. The molecule has 0 aliphatic carbocycles. The number of tetrazole rings is 1. The summed E-state index contributed by atoms with van der Waals surface area (Å²) in [6, 6.07) is 23.8. The molecule has 0 spiro atoms. The van der Waals surface area contributed by atoms with Crippen LogP contribution in [0.4, 0.5) is 5.95 Å². The van der Waals surface area contributed by atoms with Gasteiger partial charge in [-0.25, -0.2) is 0 Å². The van der Waals surface area contributed by atoms with Crippen molar-refractivity contribution in [1.29, 1.82) is 0 Å². The predicted octanol–water partition coefficient (Wildman–Crippen LogP) is 5.70. The molecule has 0 saturated heterocycles. The van der Waals surface area contributed by atoms with Gasteiger partial charge in [0.05, 0.1) is 0 Å². The molecule has 1 aliphatic rings. The lowest BCUT2D eigenvalue weighted by Gasteiger charge is -2.25. The number of hydrogen-bond acceptors (Lipinski definition) is 4. The summed E-state index contributed by atoms with van der Waals surface area (Å²) in [6.07, 6.45) is 2.04. The van der Waals surface area contributed by atoms with Crippen molar-refractivity contribution in [2.45, 2.75) is 6.04 Å². The van der Waals surface area contributed by atoms with Crippen molar-refractivity contribution in [2.75, 3.05) is 5.32 Å². The van der Waals surface area contributed by atoms with Crippen LogP contribution in [0.2, 0.25) is 10.0 Å². The molecule has 0 amide bonds. The second-order valence-electron chi connectivity index (χ2n) is 6.68. The minimum absolute atomic E-state index is 0.314.